The molecule has 86 valence electrons. The van der Waals surface area contributed by atoms with Gasteiger partial charge in [0.15, 0.2) is 6.01 Å². The van der Waals surface area contributed by atoms with Crippen LogP contribution >= 0.6 is 0 Å². The lowest BCUT2D eigenvalue weighted by molar-refractivity contribution is -0.605. The summed E-state index contributed by atoms with van der Waals surface area (Å²) in [6, 6.07) is 3.95. The number of H-pyrrole nitrogens is 1. The first kappa shape index (κ1) is 10.7. The number of nitrogens with one attached hydrogen (secondary N) is 1. The number of nitrogens with zero attached hydrogens (tertiary/aromatic N) is 3. The van der Waals surface area contributed by atoms with Crippen LogP contribution < -0.4 is 15.2 Å². The molecule has 0 atom stereocenters. The molecule has 0 unspecified atom stereocenters. The van der Waals surface area contributed by atoms with Gasteiger partial charge in [0.2, 0.25) is 0 Å². The van der Waals surface area contributed by atoms with E-state index in [1.54, 1.807) is 23.2 Å². The molecule has 0 aliphatic heterocycles. The lowest BCUT2D eigenvalue weighted by atomic mass is 10.4. The van der Waals surface area contributed by atoms with Crippen molar-refractivity contribution in [3.63, 3.8) is 0 Å². The zero-order valence-corrected chi connectivity index (χ0v) is 8.36. The van der Waals surface area contributed by atoms with Gasteiger partial charge in [-0.05, 0) is 17.1 Å². The second-order valence-corrected chi connectivity index (χ2v) is 3.08. The third-order valence-electron chi connectivity index (χ3n) is 2.00. The molecule has 8 heteroatoms. The molecule has 0 aromatic carbocycles. The molecule has 2 heterocycles. The third kappa shape index (κ3) is 1.95. The molecular formula is C9H6N4O4. The van der Waals surface area contributed by atoms with E-state index in [0.29, 0.717) is 0 Å². The molecule has 0 aliphatic rings. The SMILES string of the molecule is O=c1[nH]c([O-])nc(-[n+]2ccccc2)c1[N+](=O)[O-]. The molecule has 0 spiro atoms. The fraction of sp³-hybridized carbons (Fsp3) is 0. The Hall–Kier alpha value is -2.77. The van der Waals surface area contributed by atoms with E-state index in [4.69, 9.17) is 0 Å². The molecular weight excluding hydrogens is 228 g/mol. The smallest absolute Gasteiger partial charge is 0.426 e. The van der Waals surface area contributed by atoms with Crippen LogP contribution in [-0.4, -0.2) is 14.9 Å². The van der Waals surface area contributed by atoms with Gasteiger partial charge in [-0.1, -0.05) is 6.07 Å². The van der Waals surface area contributed by atoms with Crippen LogP contribution in [0.4, 0.5) is 5.69 Å². The van der Waals surface area contributed by atoms with Gasteiger partial charge in [0.05, 0.1) is 17.3 Å². The van der Waals surface area contributed by atoms with Crippen molar-refractivity contribution in [2.24, 2.45) is 0 Å². The Kier molecular flexibility index (Phi) is 2.53. The number of nitro groups is 1. The van der Waals surface area contributed by atoms with Crippen molar-refractivity contribution in [2.75, 3.05) is 0 Å². The van der Waals surface area contributed by atoms with Crippen LogP contribution in [0.2, 0.25) is 0 Å². The number of aromatic amines is 1. The molecule has 0 aliphatic carbocycles. The Morgan fingerprint density at radius 1 is 1.29 bits per heavy atom. The second-order valence-electron chi connectivity index (χ2n) is 3.08. The Labute approximate surface area is 94.0 Å². The highest BCUT2D eigenvalue weighted by atomic mass is 16.6. The fourth-order valence-electron chi connectivity index (χ4n) is 1.32. The summed E-state index contributed by atoms with van der Waals surface area (Å²) in [4.78, 5) is 26.4. The van der Waals surface area contributed by atoms with Crippen molar-refractivity contribution in [1.29, 1.82) is 0 Å². The van der Waals surface area contributed by atoms with Gasteiger partial charge in [-0.15, -0.1) is 0 Å². The van der Waals surface area contributed by atoms with Crippen molar-refractivity contribution in [1.82, 2.24) is 9.97 Å². The highest BCUT2D eigenvalue weighted by Gasteiger charge is 2.29. The van der Waals surface area contributed by atoms with Crippen LogP contribution in [0.25, 0.3) is 5.82 Å². The van der Waals surface area contributed by atoms with Gasteiger partial charge in [0, 0.05) is 0 Å². The summed E-state index contributed by atoms with van der Waals surface area (Å²) < 4.78 is 1.23. The molecule has 0 saturated heterocycles. The molecule has 0 bridgehead atoms. The minimum absolute atomic E-state index is 0.302. The topological polar surface area (TPSA) is 116 Å². The second kappa shape index (κ2) is 4.00. The first-order valence-corrected chi connectivity index (χ1v) is 4.52. The minimum atomic E-state index is -1.07. The summed E-state index contributed by atoms with van der Waals surface area (Å²) in [6.45, 7) is 0. The van der Waals surface area contributed by atoms with E-state index >= 15 is 0 Å². The maximum absolute atomic E-state index is 11.3. The largest absolute Gasteiger partial charge is 0.826 e. The Balaban J connectivity index is 2.77. The number of rotatable bonds is 2. The molecule has 0 radical (unpaired) electrons. The maximum atomic E-state index is 11.3. The minimum Gasteiger partial charge on any atom is -0.826 e. The van der Waals surface area contributed by atoms with Crippen molar-refractivity contribution >= 4 is 5.69 Å². The number of hydrogen-bond donors (Lipinski definition) is 1. The van der Waals surface area contributed by atoms with Crippen molar-refractivity contribution < 1.29 is 14.6 Å². The van der Waals surface area contributed by atoms with Crippen LogP contribution in [0.15, 0.2) is 35.4 Å². The molecule has 17 heavy (non-hydrogen) atoms. The summed E-state index contributed by atoms with van der Waals surface area (Å²) in [5.74, 6) is -0.302. The predicted octanol–water partition coefficient (Wildman–Crippen LogP) is -0.972. The normalized spacial score (nSPS) is 10.1. The monoisotopic (exact) mass is 234 g/mol. The molecule has 2 aromatic heterocycles. The summed E-state index contributed by atoms with van der Waals surface area (Å²) in [7, 11) is 0. The zero-order chi connectivity index (χ0) is 12.4. The van der Waals surface area contributed by atoms with Gasteiger partial charge in [0.25, 0.3) is 0 Å². The van der Waals surface area contributed by atoms with Crippen LogP contribution in [0.3, 0.4) is 0 Å². The lowest BCUT2D eigenvalue weighted by Gasteiger charge is -2.00. The Bertz CT molecular complexity index is 623. The van der Waals surface area contributed by atoms with Crippen molar-refractivity contribution in [3.05, 3.63) is 51.1 Å². The zero-order valence-electron chi connectivity index (χ0n) is 8.36. The molecule has 2 rings (SSSR count). The highest BCUT2D eigenvalue weighted by molar-refractivity contribution is 5.38. The first-order chi connectivity index (χ1) is 8.09. The van der Waals surface area contributed by atoms with Gasteiger partial charge in [-0.25, -0.2) is 0 Å². The molecule has 8 nitrogen and oxygen atoms in total. The van der Waals surface area contributed by atoms with Gasteiger partial charge < -0.3 is 5.11 Å². The van der Waals surface area contributed by atoms with E-state index in [9.17, 15) is 20.0 Å². The summed E-state index contributed by atoms with van der Waals surface area (Å²) >= 11 is 0. The standard InChI is InChI=1S/C9H6N4O4/c14-8-6(13(16)17)7(10-9(15)11-8)12-4-2-1-3-5-12/h1-5H,(H-,10,11,14,15). The Morgan fingerprint density at radius 2 is 1.94 bits per heavy atom. The molecule has 0 fully saturated rings. The average Bonchev–Trinajstić information content (AvgIpc) is 2.28. The van der Waals surface area contributed by atoms with Gasteiger partial charge >= 0.3 is 17.1 Å². The van der Waals surface area contributed by atoms with Crippen LogP contribution in [0, 0.1) is 10.1 Å². The predicted molar refractivity (Wildman–Crippen MR) is 52.5 cm³/mol. The van der Waals surface area contributed by atoms with E-state index < -0.39 is 22.2 Å². The van der Waals surface area contributed by atoms with Gasteiger partial charge in [0.1, 0.15) is 0 Å². The van der Waals surface area contributed by atoms with Crippen molar-refractivity contribution in [3.8, 4) is 11.8 Å². The number of hydrogen-bond acceptors (Lipinski definition) is 5. The summed E-state index contributed by atoms with van der Waals surface area (Å²) in [6.07, 6.45) is 2.91. The quantitative estimate of drug-likeness (QED) is 0.407. The van der Waals surface area contributed by atoms with Crippen LogP contribution in [-0.2, 0) is 0 Å². The summed E-state index contributed by atoms with van der Waals surface area (Å²) in [5, 5.41) is 21.8. The molecule has 2 aromatic rings. The van der Waals surface area contributed by atoms with Crippen LogP contribution in [0.5, 0.6) is 6.01 Å². The third-order valence-corrected chi connectivity index (χ3v) is 2.00. The highest BCUT2D eigenvalue weighted by Crippen LogP contribution is 2.10. The van der Waals surface area contributed by atoms with E-state index in [1.165, 1.54) is 17.0 Å². The van der Waals surface area contributed by atoms with Gasteiger partial charge in [-0.3, -0.25) is 19.9 Å². The average molecular weight is 234 g/mol. The van der Waals surface area contributed by atoms with E-state index in [1.807, 2.05) is 0 Å². The van der Waals surface area contributed by atoms with E-state index in [2.05, 4.69) is 4.98 Å². The van der Waals surface area contributed by atoms with Gasteiger partial charge in [-0.2, -0.15) is 4.57 Å². The molecule has 0 saturated carbocycles. The lowest BCUT2D eigenvalue weighted by Crippen LogP contribution is -2.35. The molecule has 1 N–H and O–H groups in total. The number of aromatic nitrogens is 3. The first-order valence-electron chi connectivity index (χ1n) is 4.52. The molecule has 0 amide bonds. The van der Waals surface area contributed by atoms with E-state index in [0.717, 1.165) is 0 Å². The summed E-state index contributed by atoms with van der Waals surface area (Å²) in [5.41, 5.74) is -1.83. The van der Waals surface area contributed by atoms with Crippen LogP contribution in [0.1, 0.15) is 0 Å². The Morgan fingerprint density at radius 3 is 2.53 bits per heavy atom. The number of pyridine rings is 1. The van der Waals surface area contributed by atoms with Crippen molar-refractivity contribution in [2.45, 2.75) is 0 Å². The van der Waals surface area contributed by atoms with E-state index in [-0.39, 0.29) is 5.82 Å². The fourth-order valence-corrected chi connectivity index (χ4v) is 1.32. The maximum Gasteiger partial charge on any atom is 0.426 e.